The van der Waals surface area contributed by atoms with Gasteiger partial charge in [0.25, 0.3) is 0 Å². The minimum absolute atomic E-state index is 0.790. The number of rotatable bonds is 4. The number of nitrogens with one attached hydrogen (secondary N) is 2. The Balaban J connectivity index is 2.14. The van der Waals surface area contributed by atoms with Gasteiger partial charge in [0.15, 0.2) is 0 Å². The van der Waals surface area contributed by atoms with Gasteiger partial charge in [0.2, 0.25) is 0 Å². The zero-order valence-electron chi connectivity index (χ0n) is 9.75. The van der Waals surface area contributed by atoms with E-state index < -0.39 is 0 Å². The van der Waals surface area contributed by atoms with Crippen molar-refractivity contribution in [2.75, 3.05) is 5.32 Å². The smallest absolute Gasteiger partial charge is 0.0922 e. The van der Waals surface area contributed by atoms with E-state index in [9.17, 15) is 0 Å². The molecule has 1 aromatic carbocycles. The highest BCUT2D eigenvalue weighted by atomic mass is 14.9. The molecule has 16 heavy (non-hydrogen) atoms. The summed E-state index contributed by atoms with van der Waals surface area (Å²) in [5.41, 5.74) is 5.00. The fourth-order valence-corrected chi connectivity index (χ4v) is 1.84. The number of hydrogen-bond donors (Lipinski definition) is 2. The molecule has 0 unspecified atom stereocenters. The first kappa shape index (κ1) is 10.7. The molecule has 1 heterocycles. The lowest BCUT2D eigenvalue weighted by atomic mass is 10.1. The van der Waals surface area contributed by atoms with Gasteiger partial charge in [0, 0.05) is 11.9 Å². The third-order valence-electron chi connectivity index (χ3n) is 2.75. The molecule has 1 aromatic heterocycles. The molecular formula is C13H17N3. The maximum Gasteiger partial charge on any atom is 0.0922 e. The summed E-state index contributed by atoms with van der Waals surface area (Å²) in [7, 11) is 0. The number of hydrogen-bond acceptors (Lipinski definition) is 2. The Hall–Kier alpha value is -1.77. The van der Waals surface area contributed by atoms with Crippen LogP contribution < -0.4 is 5.32 Å². The van der Waals surface area contributed by atoms with Gasteiger partial charge in [-0.1, -0.05) is 25.1 Å². The molecule has 2 N–H and O–H groups in total. The lowest BCUT2D eigenvalue weighted by Crippen LogP contribution is -2.04. The van der Waals surface area contributed by atoms with Crippen LogP contribution in [0.25, 0.3) is 0 Å². The molecule has 0 fully saturated rings. The van der Waals surface area contributed by atoms with Crippen molar-refractivity contribution in [3.8, 4) is 0 Å². The predicted octanol–water partition coefficient (Wildman–Crippen LogP) is 2.89. The predicted molar refractivity (Wildman–Crippen MR) is 66.5 cm³/mol. The van der Waals surface area contributed by atoms with Crippen molar-refractivity contribution in [1.82, 2.24) is 9.97 Å². The summed E-state index contributed by atoms with van der Waals surface area (Å²) >= 11 is 0. The second-order valence-corrected chi connectivity index (χ2v) is 3.89. The maximum atomic E-state index is 4.00. The fraction of sp³-hybridized carbons (Fsp3) is 0.308. The van der Waals surface area contributed by atoms with Crippen LogP contribution in [-0.2, 0) is 13.0 Å². The van der Waals surface area contributed by atoms with E-state index in [2.05, 4.69) is 47.3 Å². The van der Waals surface area contributed by atoms with Crippen LogP contribution in [-0.4, -0.2) is 9.97 Å². The number of aromatic nitrogens is 2. The summed E-state index contributed by atoms with van der Waals surface area (Å²) in [6, 6.07) is 6.41. The monoisotopic (exact) mass is 215 g/mol. The van der Waals surface area contributed by atoms with E-state index in [-0.39, 0.29) is 0 Å². The van der Waals surface area contributed by atoms with Gasteiger partial charge in [-0.25, -0.2) is 4.98 Å². The van der Waals surface area contributed by atoms with Gasteiger partial charge >= 0.3 is 0 Å². The molecule has 0 amide bonds. The van der Waals surface area contributed by atoms with Gasteiger partial charge in [-0.3, -0.25) is 0 Å². The average Bonchev–Trinajstić information content (AvgIpc) is 2.80. The first-order valence-electron chi connectivity index (χ1n) is 5.61. The Morgan fingerprint density at radius 1 is 1.38 bits per heavy atom. The Kier molecular flexibility index (Phi) is 3.25. The quantitative estimate of drug-likeness (QED) is 0.823. The molecule has 0 bridgehead atoms. The van der Waals surface area contributed by atoms with Gasteiger partial charge in [-0.2, -0.15) is 0 Å². The number of aromatic amines is 1. The minimum atomic E-state index is 0.790. The van der Waals surface area contributed by atoms with Crippen LogP contribution in [0.1, 0.15) is 23.7 Å². The van der Waals surface area contributed by atoms with Crippen LogP contribution in [0.3, 0.4) is 0 Å². The lowest BCUT2D eigenvalue weighted by molar-refractivity contribution is 1.04. The number of benzene rings is 1. The Morgan fingerprint density at radius 2 is 2.25 bits per heavy atom. The molecule has 0 radical (unpaired) electrons. The number of imidazole rings is 1. The van der Waals surface area contributed by atoms with Crippen molar-refractivity contribution in [3.63, 3.8) is 0 Å². The molecular weight excluding hydrogens is 198 g/mol. The van der Waals surface area contributed by atoms with Crippen LogP contribution in [0.4, 0.5) is 5.69 Å². The van der Waals surface area contributed by atoms with Crippen LogP contribution >= 0.6 is 0 Å². The molecule has 0 saturated heterocycles. The Bertz CT molecular complexity index is 446. The summed E-state index contributed by atoms with van der Waals surface area (Å²) in [6.45, 7) is 5.10. The van der Waals surface area contributed by atoms with Crippen molar-refractivity contribution >= 4 is 5.69 Å². The van der Waals surface area contributed by atoms with Crippen LogP contribution in [0.5, 0.6) is 0 Å². The van der Waals surface area contributed by atoms with E-state index in [1.807, 2.05) is 6.20 Å². The molecule has 0 aliphatic carbocycles. The van der Waals surface area contributed by atoms with Crippen molar-refractivity contribution in [2.45, 2.75) is 26.8 Å². The number of nitrogens with zero attached hydrogens (tertiary/aromatic N) is 1. The van der Waals surface area contributed by atoms with Gasteiger partial charge < -0.3 is 10.3 Å². The number of aryl methyl sites for hydroxylation is 2. The van der Waals surface area contributed by atoms with E-state index in [0.29, 0.717) is 0 Å². The molecule has 0 spiro atoms. The van der Waals surface area contributed by atoms with Crippen molar-refractivity contribution in [3.05, 3.63) is 47.5 Å². The van der Waals surface area contributed by atoms with Gasteiger partial charge in [0.1, 0.15) is 0 Å². The molecule has 3 heteroatoms. The molecule has 3 nitrogen and oxygen atoms in total. The van der Waals surface area contributed by atoms with Gasteiger partial charge in [-0.05, 0) is 24.5 Å². The third kappa shape index (κ3) is 2.24. The summed E-state index contributed by atoms with van der Waals surface area (Å²) in [5.74, 6) is 0. The molecule has 0 aliphatic rings. The maximum absolute atomic E-state index is 4.00. The molecule has 0 atom stereocenters. The van der Waals surface area contributed by atoms with E-state index >= 15 is 0 Å². The van der Waals surface area contributed by atoms with E-state index in [4.69, 9.17) is 0 Å². The van der Waals surface area contributed by atoms with Crippen molar-refractivity contribution < 1.29 is 0 Å². The third-order valence-corrected chi connectivity index (χ3v) is 2.75. The average molecular weight is 215 g/mol. The van der Waals surface area contributed by atoms with E-state index in [1.54, 1.807) is 6.33 Å². The normalized spacial score (nSPS) is 10.4. The molecule has 2 aromatic rings. The highest BCUT2D eigenvalue weighted by Gasteiger charge is 2.03. The highest BCUT2D eigenvalue weighted by molar-refractivity contribution is 5.57. The fourth-order valence-electron chi connectivity index (χ4n) is 1.84. The molecule has 84 valence electrons. The summed E-state index contributed by atoms with van der Waals surface area (Å²) in [6.07, 6.45) is 4.60. The zero-order chi connectivity index (χ0) is 11.4. The van der Waals surface area contributed by atoms with Crippen molar-refractivity contribution in [1.29, 1.82) is 0 Å². The number of para-hydroxylation sites is 1. The van der Waals surface area contributed by atoms with Crippen molar-refractivity contribution in [2.24, 2.45) is 0 Å². The Morgan fingerprint density at radius 3 is 2.94 bits per heavy atom. The molecule has 0 aliphatic heterocycles. The van der Waals surface area contributed by atoms with Gasteiger partial charge in [-0.15, -0.1) is 0 Å². The highest BCUT2D eigenvalue weighted by Crippen LogP contribution is 2.21. The number of anilines is 1. The summed E-state index contributed by atoms with van der Waals surface area (Å²) in [5, 5.41) is 3.46. The summed E-state index contributed by atoms with van der Waals surface area (Å²) in [4.78, 5) is 7.09. The first-order valence-corrected chi connectivity index (χ1v) is 5.61. The van der Waals surface area contributed by atoms with Crippen LogP contribution in [0, 0.1) is 6.92 Å². The lowest BCUT2D eigenvalue weighted by Gasteiger charge is -2.13. The number of H-pyrrole nitrogens is 1. The van der Waals surface area contributed by atoms with E-state index in [0.717, 1.165) is 18.7 Å². The standard InChI is InChI=1S/C13H17N3/c1-3-11-6-4-5-10(2)13(11)15-8-12-7-14-9-16-12/h4-7,9,15H,3,8H2,1-2H3,(H,14,16). The topological polar surface area (TPSA) is 40.7 Å². The zero-order valence-corrected chi connectivity index (χ0v) is 9.75. The minimum Gasteiger partial charge on any atom is -0.379 e. The van der Waals surface area contributed by atoms with Gasteiger partial charge in [0.05, 0.1) is 18.6 Å². The summed E-state index contributed by atoms with van der Waals surface area (Å²) < 4.78 is 0. The first-order chi connectivity index (χ1) is 7.81. The van der Waals surface area contributed by atoms with E-state index in [1.165, 1.54) is 16.8 Å². The SMILES string of the molecule is CCc1cccc(C)c1NCc1cnc[nH]1. The molecule has 2 rings (SSSR count). The van der Waals surface area contributed by atoms with Crippen LogP contribution in [0.15, 0.2) is 30.7 Å². The molecule has 0 saturated carbocycles. The Labute approximate surface area is 95.9 Å². The second kappa shape index (κ2) is 4.84. The largest absolute Gasteiger partial charge is 0.379 e. The van der Waals surface area contributed by atoms with Crippen LogP contribution in [0.2, 0.25) is 0 Å². The second-order valence-electron chi connectivity index (χ2n) is 3.89.